The van der Waals surface area contributed by atoms with E-state index in [2.05, 4.69) is 5.32 Å². The second kappa shape index (κ2) is 10.0. The van der Waals surface area contributed by atoms with E-state index in [0.29, 0.717) is 25.0 Å². The van der Waals surface area contributed by atoms with Crippen LogP contribution in [0.2, 0.25) is 0 Å². The van der Waals surface area contributed by atoms with E-state index in [1.54, 1.807) is 0 Å². The number of rotatable bonds is 8. The van der Waals surface area contributed by atoms with Gasteiger partial charge in [-0.25, -0.2) is 4.79 Å². The standard InChI is InChI=1S/C17H23NO4S/c1-12-4-6-14(7-5-12)8-9-16(20)18-15(17(21)22-3)10-11-23-13(2)19/h4-7,15H,8-11H2,1-3H3,(H,18,20). The van der Waals surface area contributed by atoms with Gasteiger partial charge in [-0.3, -0.25) is 9.59 Å². The van der Waals surface area contributed by atoms with Gasteiger partial charge in [0.05, 0.1) is 7.11 Å². The molecule has 1 unspecified atom stereocenters. The number of hydrogen-bond donors (Lipinski definition) is 1. The monoisotopic (exact) mass is 337 g/mol. The van der Waals surface area contributed by atoms with Crippen LogP contribution in [0.3, 0.4) is 0 Å². The lowest BCUT2D eigenvalue weighted by atomic mass is 10.1. The van der Waals surface area contributed by atoms with E-state index >= 15 is 0 Å². The van der Waals surface area contributed by atoms with Gasteiger partial charge in [-0.1, -0.05) is 41.6 Å². The quantitative estimate of drug-likeness (QED) is 0.737. The van der Waals surface area contributed by atoms with Crippen molar-refractivity contribution in [1.82, 2.24) is 5.32 Å². The molecule has 1 amide bonds. The van der Waals surface area contributed by atoms with Gasteiger partial charge in [0.15, 0.2) is 5.12 Å². The molecule has 0 aliphatic carbocycles. The highest BCUT2D eigenvalue weighted by Crippen LogP contribution is 2.09. The van der Waals surface area contributed by atoms with E-state index in [-0.39, 0.29) is 11.0 Å². The Morgan fingerprint density at radius 2 is 1.87 bits per heavy atom. The molecule has 0 heterocycles. The normalized spacial score (nSPS) is 11.6. The maximum absolute atomic E-state index is 12.0. The molecule has 0 aliphatic rings. The van der Waals surface area contributed by atoms with Gasteiger partial charge < -0.3 is 10.1 Å². The largest absolute Gasteiger partial charge is 0.467 e. The van der Waals surface area contributed by atoms with Crippen LogP contribution in [0.4, 0.5) is 0 Å². The fourth-order valence-electron chi connectivity index (χ4n) is 1.99. The van der Waals surface area contributed by atoms with Crippen LogP contribution in [0.15, 0.2) is 24.3 Å². The average molecular weight is 337 g/mol. The summed E-state index contributed by atoms with van der Waals surface area (Å²) in [6.45, 7) is 3.48. The minimum atomic E-state index is -0.711. The summed E-state index contributed by atoms with van der Waals surface area (Å²) in [5.41, 5.74) is 2.25. The number of hydrogen-bond acceptors (Lipinski definition) is 5. The zero-order valence-corrected chi connectivity index (χ0v) is 14.6. The number of nitrogens with one attached hydrogen (secondary N) is 1. The Hall–Kier alpha value is -1.82. The third-order valence-corrected chi connectivity index (χ3v) is 4.14. The number of amides is 1. The molecule has 0 fully saturated rings. The molecule has 1 rings (SSSR count). The van der Waals surface area contributed by atoms with Gasteiger partial charge in [0.1, 0.15) is 6.04 Å². The van der Waals surface area contributed by atoms with Gasteiger partial charge in [-0.2, -0.15) is 0 Å². The SMILES string of the molecule is COC(=O)C(CCSC(C)=O)NC(=O)CCc1ccc(C)cc1. The molecule has 5 nitrogen and oxygen atoms in total. The number of ether oxygens (including phenoxy) is 1. The minimum Gasteiger partial charge on any atom is -0.467 e. The summed E-state index contributed by atoms with van der Waals surface area (Å²) in [5.74, 6) is -0.223. The van der Waals surface area contributed by atoms with Crippen LogP contribution < -0.4 is 5.32 Å². The number of carbonyl (C=O) groups excluding carboxylic acids is 3. The molecule has 0 bridgehead atoms. The molecule has 0 aliphatic heterocycles. The maximum atomic E-state index is 12.0. The number of thioether (sulfide) groups is 1. The molecule has 0 spiro atoms. The summed E-state index contributed by atoms with van der Waals surface area (Å²) in [6.07, 6.45) is 1.28. The van der Waals surface area contributed by atoms with E-state index in [4.69, 9.17) is 4.74 Å². The highest BCUT2D eigenvalue weighted by Gasteiger charge is 2.21. The first-order valence-corrected chi connectivity index (χ1v) is 8.47. The Bertz CT molecular complexity index is 542. The fraction of sp³-hybridized carbons (Fsp3) is 0.471. The zero-order chi connectivity index (χ0) is 17.2. The van der Waals surface area contributed by atoms with Crippen molar-refractivity contribution in [2.75, 3.05) is 12.9 Å². The van der Waals surface area contributed by atoms with Crippen molar-refractivity contribution in [1.29, 1.82) is 0 Å². The van der Waals surface area contributed by atoms with Crippen molar-refractivity contribution in [3.8, 4) is 0 Å². The van der Waals surface area contributed by atoms with Crippen LogP contribution in [0.5, 0.6) is 0 Å². The number of methoxy groups -OCH3 is 1. The van der Waals surface area contributed by atoms with Crippen LogP contribution in [-0.2, 0) is 25.5 Å². The first kappa shape index (κ1) is 19.2. The molecular weight excluding hydrogens is 314 g/mol. The summed E-state index contributed by atoms with van der Waals surface area (Å²) >= 11 is 1.13. The summed E-state index contributed by atoms with van der Waals surface area (Å²) in [4.78, 5) is 34.7. The van der Waals surface area contributed by atoms with Crippen LogP contribution in [0.25, 0.3) is 0 Å². The fourth-order valence-corrected chi connectivity index (χ4v) is 2.63. The van der Waals surface area contributed by atoms with Gasteiger partial charge >= 0.3 is 5.97 Å². The highest BCUT2D eigenvalue weighted by atomic mass is 32.2. The second-order valence-corrected chi connectivity index (χ2v) is 6.53. The lowest BCUT2D eigenvalue weighted by molar-refractivity contribution is -0.145. The number of esters is 1. The molecule has 1 aromatic rings. The average Bonchev–Trinajstić information content (AvgIpc) is 2.52. The first-order valence-electron chi connectivity index (χ1n) is 7.48. The smallest absolute Gasteiger partial charge is 0.328 e. The van der Waals surface area contributed by atoms with E-state index in [1.165, 1.54) is 19.6 Å². The third kappa shape index (κ3) is 7.83. The van der Waals surface area contributed by atoms with E-state index in [9.17, 15) is 14.4 Å². The van der Waals surface area contributed by atoms with Gasteiger partial charge in [0.25, 0.3) is 0 Å². The second-order valence-electron chi connectivity index (χ2n) is 5.26. The summed E-state index contributed by atoms with van der Waals surface area (Å²) in [5, 5.41) is 2.67. The molecule has 0 radical (unpaired) electrons. The van der Waals surface area contributed by atoms with Crippen molar-refractivity contribution in [3.63, 3.8) is 0 Å². The molecular formula is C17H23NO4S. The molecule has 1 atom stereocenters. The highest BCUT2D eigenvalue weighted by molar-refractivity contribution is 8.13. The van der Waals surface area contributed by atoms with E-state index in [0.717, 1.165) is 17.3 Å². The number of aryl methyl sites for hydroxylation is 2. The molecule has 1 N–H and O–H groups in total. The molecule has 0 aromatic heterocycles. The lowest BCUT2D eigenvalue weighted by Gasteiger charge is -2.16. The predicted octanol–water partition coefficient (Wildman–Crippen LogP) is 2.26. The van der Waals surface area contributed by atoms with Gasteiger partial charge in [-0.05, 0) is 25.3 Å². The topological polar surface area (TPSA) is 72.5 Å². The molecule has 1 aromatic carbocycles. The summed E-state index contributed by atoms with van der Waals surface area (Å²) in [7, 11) is 1.28. The van der Waals surface area contributed by atoms with Crippen LogP contribution in [0.1, 0.15) is 30.9 Å². The summed E-state index contributed by atoms with van der Waals surface area (Å²) in [6, 6.07) is 7.28. The Kier molecular flexibility index (Phi) is 8.40. The Morgan fingerprint density at radius 3 is 2.43 bits per heavy atom. The number of benzene rings is 1. The van der Waals surface area contributed by atoms with Crippen molar-refractivity contribution in [2.45, 2.75) is 39.2 Å². The number of carbonyl (C=O) groups is 3. The molecule has 6 heteroatoms. The van der Waals surface area contributed by atoms with Crippen LogP contribution >= 0.6 is 11.8 Å². The molecule has 0 saturated carbocycles. The van der Waals surface area contributed by atoms with Crippen molar-refractivity contribution < 1.29 is 19.1 Å². The van der Waals surface area contributed by atoms with Crippen molar-refractivity contribution >= 4 is 28.8 Å². The van der Waals surface area contributed by atoms with Crippen LogP contribution in [-0.4, -0.2) is 35.9 Å². The van der Waals surface area contributed by atoms with Crippen molar-refractivity contribution in [2.24, 2.45) is 0 Å². The van der Waals surface area contributed by atoms with E-state index < -0.39 is 12.0 Å². The van der Waals surface area contributed by atoms with Crippen LogP contribution in [0, 0.1) is 6.92 Å². The van der Waals surface area contributed by atoms with Gasteiger partial charge in [0, 0.05) is 19.1 Å². The first-order chi connectivity index (χ1) is 10.9. The van der Waals surface area contributed by atoms with Gasteiger partial charge in [-0.15, -0.1) is 0 Å². The Morgan fingerprint density at radius 1 is 1.22 bits per heavy atom. The van der Waals surface area contributed by atoms with E-state index in [1.807, 2.05) is 31.2 Å². The summed E-state index contributed by atoms with van der Waals surface area (Å²) < 4.78 is 4.70. The Labute approximate surface area is 141 Å². The maximum Gasteiger partial charge on any atom is 0.328 e. The zero-order valence-electron chi connectivity index (χ0n) is 13.8. The minimum absolute atomic E-state index is 0.0145. The molecule has 23 heavy (non-hydrogen) atoms. The third-order valence-electron chi connectivity index (χ3n) is 3.29. The lowest BCUT2D eigenvalue weighted by Crippen LogP contribution is -2.42. The Balaban J connectivity index is 2.46. The molecule has 126 valence electrons. The van der Waals surface area contributed by atoms with Crippen molar-refractivity contribution in [3.05, 3.63) is 35.4 Å². The molecule has 0 saturated heterocycles. The van der Waals surface area contributed by atoms with Gasteiger partial charge in [0.2, 0.25) is 5.91 Å². The predicted molar refractivity (Wildman–Crippen MR) is 91.2 cm³/mol.